The molecule has 0 unspecified atom stereocenters. The van der Waals surface area contributed by atoms with Crippen LogP contribution in [0.2, 0.25) is 0 Å². The highest BCUT2D eigenvalue weighted by molar-refractivity contribution is 5.91. The number of rotatable bonds is 2. The van der Waals surface area contributed by atoms with Crippen LogP contribution in [0, 0.1) is 0 Å². The Morgan fingerprint density at radius 2 is 2.25 bits per heavy atom. The zero-order chi connectivity index (χ0) is 9.30. The molecule has 1 rings (SSSR count). The van der Waals surface area contributed by atoms with Crippen LogP contribution >= 0.6 is 0 Å². The SMILES string of the molecule is CN(C)c1nc(C(N)=O)cn1C. The fraction of sp³-hybridized carbons (Fsp3) is 0.429. The summed E-state index contributed by atoms with van der Waals surface area (Å²) >= 11 is 0. The van der Waals surface area contributed by atoms with Crippen LogP contribution in [-0.2, 0) is 7.05 Å². The van der Waals surface area contributed by atoms with Gasteiger partial charge in [0.2, 0.25) is 5.95 Å². The van der Waals surface area contributed by atoms with Crippen LogP contribution in [0.5, 0.6) is 0 Å². The number of carbonyl (C=O) groups excluding carboxylic acids is 1. The summed E-state index contributed by atoms with van der Waals surface area (Å²) in [5.74, 6) is 0.211. The lowest BCUT2D eigenvalue weighted by Gasteiger charge is -2.09. The van der Waals surface area contributed by atoms with Crippen molar-refractivity contribution in [3.63, 3.8) is 0 Å². The van der Waals surface area contributed by atoms with Gasteiger partial charge in [-0.1, -0.05) is 0 Å². The van der Waals surface area contributed by atoms with Crippen LogP contribution in [0.15, 0.2) is 6.20 Å². The van der Waals surface area contributed by atoms with E-state index in [1.165, 1.54) is 0 Å². The molecule has 5 nitrogen and oxygen atoms in total. The average molecular weight is 168 g/mol. The van der Waals surface area contributed by atoms with Crippen LogP contribution in [0.3, 0.4) is 0 Å². The minimum absolute atomic E-state index is 0.293. The number of nitrogens with zero attached hydrogens (tertiary/aromatic N) is 3. The summed E-state index contributed by atoms with van der Waals surface area (Å²) < 4.78 is 1.75. The summed E-state index contributed by atoms with van der Waals surface area (Å²) in [6.45, 7) is 0. The van der Waals surface area contributed by atoms with Crippen LogP contribution < -0.4 is 10.6 Å². The van der Waals surface area contributed by atoms with E-state index >= 15 is 0 Å². The number of aromatic nitrogens is 2. The molecule has 1 aromatic heterocycles. The third kappa shape index (κ3) is 1.39. The number of nitrogens with two attached hydrogens (primary N) is 1. The lowest BCUT2D eigenvalue weighted by Crippen LogP contribution is -2.14. The molecule has 0 aliphatic rings. The van der Waals surface area contributed by atoms with Crippen molar-refractivity contribution in [1.82, 2.24) is 9.55 Å². The van der Waals surface area contributed by atoms with E-state index in [1.54, 1.807) is 10.8 Å². The second-order valence-corrected chi connectivity index (χ2v) is 2.80. The highest BCUT2D eigenvalue weighted by Gasteiger charge is 2.09. The van der Waals surface area contributed by atoms with Crippen molar-refractivity contribution in [3.8, 4) is 0 Å². The van der Waals surface area contributed by atoms with Crippen molar-refractivity contribution < 1.29 is 4.79 Å². The molecule has 0 bridgehead atoms. The third-order valence-corrected chi connectivity index (χ3v) is 1.50. The van der Waals surface area contributed by atoms with E-state index in [0.717, 1.165) is 0 Å². The van der Waals surface area contributed by atoms with Gasteiger partial charge in [-0.2, -0.15) is 0 Å². The quantitative estimate of drug-likeness (QED) is 0.652. The first-order chi connectivity index (χ1) is 5.52. The molecule has 0 spiro atoms. The molecule has 0 aromatic carbocycles. The molecule has 1 heterocycles. The fourth-order valence-corrected chi connectivity index (χ4v) is 0.991. The molecule has 0 atom stereocenters. The zero-order valence-corrected chi connectivity index (χ0v) is 7.40. The summed E-state index contributed by atoms with van der Waals surface area (Å²) in [6.07, 6.45) is 1.61. The van der Waals surface area contributed by atoms with E-state index in [2.05, 4.69) is 4.98 Å². The van der Waals surface area contributed by atoms with E-state index < -0.39 is 5.91 Å². The predicted octanol–water partition coefficient (Wildman–Crippen LogP) is -0.415. The number of aryl methyl sites for hydroxylation is 1. The van der Waals surface area contributed by atoms with Crippen molar-refractivity contribution in [2.24, 2.45) is 12.8 Å². The van der Waals surface area contributed by atoms with Crippen LogP contribution in [-0.4, -0.2) is 29.6 Å². The fourth-order valence-electron chi connectivity index (χ4n) is 0.991. The largest absolute Gasteiger partial charge is 0.364 e. The molecule has 0 aliphatic heterocycles. The Morgan fingerprint density at radius 1 is 1.67 bits per heavy atom. The molecule has 0 saturated heterocycles. The van der Waals surface area contributed by atoms with Gasteiger partial charge in [0.05, 0.1) is 0 Å². The van der Waals surface area contributed by atoms with E-state index in [1.807, 2.05) is 26.0 Å². The Kier molecular flexibility index (Phi) is 2.03. The molecule has 2 N–H and O–H groups in total. The maximum atomic E-state index is 10.7. The number of primary amides is 1. The second-order valence-electron chi connectivity index (χ2n) is 2.80. The molecule has 66 valence electrons. The number of hydrogen-bond acceptors (Lipinski definition) is 3. The van der Waals surface area contributed by atoms with Gasteiger partial charge in [0.1, 0.15) is 5.69 Å². The van der Waals surface area contributed by atoms with Crippen molar-refractivity contribution in [2.75, 3.05) is 19.0 Å². The first-order valence-electron chi connectivity index (χ1n) is 3.53. The molecule has 0 fully saturated rings. The number of anilines is 1. The first kappa shape index (κ1) is 8.58. The lowest BCUT2D eigenvalue weighted by molar-refractivity contribution is 0.0996. The Morgan fingerprint density at radius 3 is 2.50 bits per heavy atom. The van der Waals surface area contributed by atoms with Gasteiger partial charge in [-0.05, 0) is 0 Å². The molecule has 1 amide bonds. The molecular weight excluding hydrogens is 156 g/mol. The number of imidazole rings is 1. The second kappa shape index (κ2) is 2.84. The number of amides is 1. The van der Waals surface area contributed by atoms with E-state index in [4.69, 9.17) is 5.73 Å². The minimum Gasteiger partial charge on any atom is -0.364 e. The normalized spacial score (nSPS) is 9.92. The topological polar surface area (TPSA) is 64.2 Å². The number of carbonyl (C=O) groups is 1. The Hall–Kier alpha value is -1.52. The maximum absolute atomic E-state index is 10.7. The van der Waals surface area contributed by atoms with Gasteiger partial charge in [-0.25, -0.2) is 4.98 Å². The van der Waals surface area contributed by atoms with Crippen molar-refractivity contribution in [2.45, 2.75) is 0 Å². The summed E-state index contributed by atoms with van der Waals surface area (Å²) in [5.41, 5.74) is 5.36. The predicted molar refractivity (Wildman–Crippen MR) is 46.1 cm³/mol. The summed E-state index contributed by atoms with van der Waals surface area (Å²) in [4.78, 5) is 16.6. The first-order valence-corrected chi connectivity index (χ1v) is 3.53. The molecule has 12 heavy (non-hydrogen) atoms. The van der Waals surface area contributed by atoms with Gasteiger partial charge in [-0.3, -0.25) is 4.79 Å². The average Bonchev–Trinajstić information content (AvgIpc) is 2.30. The molecule has 0 radical (unpaired) electrons. The van der Waals surface area contributed by atoms with Gasteiger partial charge >= 0.3 is 0 Å². The minimum atomic E-state index is -0.501. The van der Waals surface area contributed by atoms with Crippen molar-refractivity contribution in [1.29, 1.82) is 0 Å². The number of hydrogen-bond donors (Lipinski definition) is 1. The van der Waals surface area contributed by atoms with Crippen molar-refractivity contribution in [3.05, 3.63) is 11.9 Å². The highest BCUT2D eigenvalue weighted by Crippen LogP contribution is 2.08. The zero-order valence-electron chi connectivity index (χ0n) is 7.40. The van der Waals surface area contributed by atoms with E-state index in [9.17, 15) is 4.79 Å². The standard InChI is InChI=1S/C7H12N4O/c1-10(2)7-9-5(6(8)12)4-11(7)3/h4H,1-3H3,(H2,8,12). The molecular formula is C7H12N4O. The highest BCUT2D eigenvalue weighted by atomic mass is 16.1. The lowest BCUT2D eigenvalue weighted by atomic mass is 10.5. The van der Waals surface area contributed by atoms with Gasteiger partial charge in [-0.15, -0.1) is 0 Å². The Bertz CT molecular complexity index is 302. The molecule has 0 aliphatic carbocycles. The maximum Gasteiger partial charge on any atom is 0.268 e. The molecule has 5 heteroatoms. The molecule has 1 aromatic rings. The Balaban J connectivity index is 3.09. The summed E-state index contributed by atoms with van der Waals surface area (Å²) in [6, 6.07) is 0. The van der Waals surface area contributed by atoms with Crippen molar-refractivity contribution >= 4 is 11.9 Å². The summed E-state index contributed by atoms with van der Waals surface area (Å²) in [7, 11) is 5.52. The molecule has 0 saturated carbocycles. The van der Waals surface area contributed by atoms with Gasteiger partial charge < -0.3 is 15.2 Å². The smallest absolute Gasteiger partial charge is 0.268 e. The van der Waals surface area contributed by atoms with Crippen LogP contribution in [0.1, 0.15) is 10.5 Å². The Labute approximate surface area is 70.8 Å². The monoisotopic (exact) mass is 168 g/mol. The van der Waals surface area contributed by atoms with Crippen LogP contribution in [0.4, 0.5) is 5.95 Å². The van der Waals surface area contributed by atoms with Gasteiger partial charge in [0, 0.05) is 27.3 Å². The third-order valence-electron chi connectivity index (χ3n) is 1.50. The van der Waals surface area contributed by atoms with Gasteiger partial charge in [0.15, 0.2) is 0 Å². The van der Waals surface area contributed by atoms with Crippen LogP contribution in [0.25, 0.3) is 0 Å². The van der Waals surface area contributed by atoms with E-state index in [0.29, 0.717) is 11.6 Å². The van der Waals surface area contributed by atoms with E-state index in [-0.39, 0.29) is 0 Å². The van der Waals surface area contributed by atoms with Gasteiger partial charge in [0.25, 0.3) is 5.91 Å². The summed E-state index contributed by atoms with van der Waals surface area (Å²) in [5, 5.41) is 0.